The fourth-order valence-corrected chi connectivity index (χ4v) is 1.97. The normalized spacial score (nSPS) is 12.4. The number of halogens is 2. The van der Waals surface area contributed by atoms with E-state index in [0.717, 1.165) is 0 Å². The molecule has 1 aromatic carbocycles. The van der Waals surface area contributed by atoms with Crippen LogP contribution in [-0.2, 0) is 4.74 Å². The summed E-state index contributed by atoms with van der Waals surface area (Å²) in [5, 5.41) is 3.40. The van der Waals surface area contributed by atoms with Crippen molar-refractivity contribution in [3.8, 4) is 0 Å². The highest BCUT2D eigenvalue weighted by Crippen LogP contribution is 2.24. The van der Waals surface area contributed by atoms with Crippen LogP contribution in [0.15, 0.2) is 30.6 Å². The quantitative estimate of drug-likeness (QED) is 0.911. The summed E-state index contributed by atoms with van der Waals surface area (Å²) in [5.74, 6) is 0.170. The Balaban J connectivity index is 2.24. The second kappa shape index (κ2) is 6.04. The minimum Gasteiger partial charge on any atom is -0.383 e. The summed E-state index contributed by atoms with van der Waals surface area (Å²) in [5.41, 5.74) is 0.296. The Morgan fingerprint density at radius 1 is 1.53 bits per heavy atom. The van der Waals surface area contributed by atoms with E-state index in [1.807, 2.05) is 17.7 Å². The Morgan fingerprint density at radius 2 is 2.32 bits per heavy atom. The number of ether oxygens (including phenoxy) is 1. The lowest BCUT2D eigenvalue weighted by Crippen LogP contribution is -2.13. The van der Waals surface area contributed by atoms with E-state index < -0.39 is 0 Å². The molecule has 0 bridgehead atoms. The molecule has 0 aliphatic rings. The lowest BCUT2D eigenvalue weighted by atomic mass is 10.3. The van der Waals surface area contributed by atoms with Crippen molar-refractivity contribution in [3.05, 3.63) is 41.4 Å². The molecule has 0 radical (unpaired) electrons. The maximum atomic E-state index is 13.7. The third kappa shape index (κ3) is 3.24. The van der Waals surface area contributed by atoms with Gasteiger partial charge in [-0.05, 0) is 25.1 Å². The van der Waals surface area contributed by atoms with Crippen LogP contribution in [0.4, 0.5) is 16.0 Å². The topological polar surface area (TPSA) is 39.1 Å². The average molecular weight is 284 g/mol. The number of hydrogen-bond donors (Lipinski definition) is 1. The minimum atomic E-state index is -0.377. The van der Waals surface area contributed by atoms with Gasteiger partial charge in [-0.3, -0.25) is 0 Å². The maximum Gasteiger partial charge on any atom is 0.207 e. The Hall–Kier alpha value is -1.59. The summed E-state index contributed by atoms with van der Waals surface area (Å²) in [7, 11) is 1.64. The van der Waals surface area contributed by atoms with Crippen molar-refractivity contribution < 1.29 is 9.13 Å². The maximum absolute atomic E-state index is 13.7. The number of benzene rings is 1. The highest BCUT2D eigenvalue weighted by atomic mass is 35.5. The van der Waals surface area contributed by atoms with Crippen molar-refractivity contribution in [3.63, 3.8) is 0 Å². The molecule has 0 saturated carbocycles. The molecule has 0 aliphatic carbocycles. The zero-order valence-corrected chi connectivity index (χ0v) is 11.5. The lowest BCUT2D eigenvalue weighted by Gasteiger charge is -2.16. The molecule has 1 aromatic heterocycles. The first-order valence-corrected chi connectivity index (χ1v) is 6.23. The fraction of sp³-hybridized carbons (Fsp3) is 0.308. The first kappa shape index (κ1) is 13.8. The molecule has 1 heterocycles. The predicted molar refractivity (Wildman–Crippen MR) is 73.5 cm³/mol. The van der Waals surface area contributed by atoms with Crippen LogP contribution in [0.25, 0.3) is 0 Å². The number of hydrogen-bond acceptors (Lipinski definition) is 3. The molecule has 19 heavy (non-hydrogen) atoms. The van der Waals surface area contributed by atoms with Gasteiger partial charge in [0.25, 0.3) is 0 Å². The van der Waals surface area contributed by atoms with Gasteiger partial charge in [0.2, 0.25) is 5.95 Å². The summed E-state index contributed by atoms with van der Waals surface area (Å²) < 4.78 is 20.6. The number of anilines is 2. The minimum absolute atomic E-state index is 0.0947. The highest BCUT2D eigenvalue weighted by Gasteiger charge is 2.11. The van der Waals surface area contributed by atoms with Gasteiger partial charge in [-0.1, -0.05) is 11.6 Å². The Labute approximate surface area is 116 Å². The number of nitrogens with one attached hydrogen (secondary N) is 1. The molecule has 2 rings (SSSR count). The van der Waals surface area contributed by atoms with E-state index in [1.54, 1.807) is 13.3 Å². The van der Waals surface area contributed by atoms with Gasteiger partial charge in [0.05, 0.1) is 18.3 Å². The molecule has 1 atom stereocenters. The third-order valence-corrected chi connectivity index (χ3v) is 2.96. The molecule has 6 heteroatoms. The second-order valence-corrected chi connectivity index (χ2v) is 4.65. The fourth-order valence-electron chi connectivity index (χ4n) is 1.80. The molecular weight excluding hydrogens is 269 g/mol. The SMILES string of the molecule is COCC(C)n1ccnc1Nc1cc(Cl)ccc1F. The first-order chi connectivity index (χ1) is 9.11. The van der Waals surface area contributed by atoms with E-state index in [4.69, 9.17) is 16.3 Å². The molecule has 0 aliphatic heterocycles. The number of imidazole rings is 1. The summed E-state index contributed by atoms with van der Waals surface area (Å²) in [6.45, 7) is 2.54. The zero-order chi connectivity index (χ0) is 13.8. The van der Waals surface area contributed by atoms with Gasteiger partial charge in [-0.2, -0.15) is 0 Å². The van der Waals surface area contributed by atoms with Crippen molar-refractivity contribution in [1.82, 2.24) is 9.55 Å². The van der Waals surface area contributed by atoms with Crippen LogP contribution in [0.3, 0.4) is 0 Å². The molecule has 1 unspecified atom stereocenters. The Morgan fingerprint density at radius 3 is 3.05 bits per heavy atom. The molecule has 0 amide bonds. The van der Waals surface area contributed by atoms with Crippen molar-refractivity contribution in [2.45, 2.75) is 13.0 Å². The van der Waals surface area contributed by atoms with Crippen molar-refractivity contribution in [1.29, 1.82) is 0 Å². The largest absolute Gasteiger partial charge is 0.383 e. The molecule has 0 saturated heterocycles. The number of aromatic nitrogens is 2. The Kier molecular flexibility index (Phi) is 4.39. The van der Waals surface area contributed by atoms with Gasteiger partial charge >= 0.3 is 0 Å². The predicted octanol–water partition coefficient (Wildman–Crippen LogP) is 3.63. The van der Waals surface area contributed by atoms with Crippen LogP contribution in [0.2, 0.25) is 5.02 Å². The van der Waals surface area contributed by atoms with Crippen LogP contribution in [-0.4, -0.2) is 23.3 Å². The van der Waals surface area contributed by atoms with Gasteiger partial charge in [0.15, 0.2) is 0 Å². The molecular formula is C13H15ClFN3O. The van der Waals surface area contributed by atoms with Gasteiger partial charge in [0, 0.05) is 24.5 Å². The Bertz CT molecular complexity index is 559. The van der Waals surface area contributed by atoms with Crippen LogP contribution in [0, 0.1) is 5.82 Å². The number of methoxy groups -OCH3 is 1. The van der Waals surface area contributed by atoms with Gasteiger partial charge in [-0.25, -0.2) is 9.37 Å². The van der Waals surface area contributed by atoms with Crippen LogP contribution in [0.5, 0.6) is 0 Å². The standard InChI is InChI=1S/C13H15ClFN3O/c1-9(8-19-2)18-6-5-16-13(18)17-12-7-10(14)3-4-11(12)15/h3-7,9H,8H2,1-2H3,(H,16,17). The van der Waals surface area contributed by atoms with E-state index in [0.29, 0.717) is 23.3 Å². The molecule has 102 valence electrons. The summed E-state index contributed by atoms with van der Waals surface area (Å²) in [6, 6.07) is 4.44. The molecule has 1 N–H and O–H groups in total. The van der Waals surface area contributed by atoms with E-state index in [2.05, 4.69) is 10.3 Å². The van der Waals surface area contributed by atoms with Crippen molar-refractivity contribution >= 4 is 23.2 Å². The summed E-state index contributed by atoms with van der Waals surface area (Å²) in [4.78, 5) is 4.17. The zero-order valence-electron chi connectivity index (χ0n) is 10.7. The van der Waals surface area contributed by atoms with E-state index >= 15 is 0 Å². The van der Waals surface area contributed by atoms with Crippen LogP contribution in [0.1, 0.15) is 13.0 Å². The molecule has 2 aromatic rings. The van der Waals surface area contributed by atoms with Crippen LogP contribution >= 0.6 is 11.6 Å². The third-order valence-electron chi connectivity index (χ3n) is 2.73. The van der Waals surface area contributed by atoms with Gasteiger partial charge < -0.3 is 14.6 Å². The van der Waals surface area contributed by atoms with E-state index in [-0.39, 0.29) is 11.9 Å². The molecule has 4 nitrogen and oxygen atoms in total. The van der Waals surface area contributed by atoms with E-state index in [1.165, 1.54) is 18.2 Å². The highest BCUT2D eigenvalue weighted by molar-refractivity contribution is 6.30. The first-order valence-electron chi connectivity index (χ1n) is 5.85. The monoisotopic (exact) mass is 283 g/mol. The van der Waals surface area contributed by atoms with Crippen LogP contribution < -0.4 is 5.32 Å². The average Bonchev–Trinajstić information content (AvgIpc) is 2.82. The van der Waals surface area contributed by atoms with E-state index in [9.17, 15) is 4.39 Å². The lowest BCUT2D eigenvalue weighted by molar-refractivity contribution is 0.163. The van der Waals surface area contributed by atoms with Gasteiger partial charge in [-0.15, -0.1) is 0 Å². The molecule has 0 spiro atoms. The molecule has 0 fully saturated rings. The smallest absolute Gasteiger partial charge is 0.207 e. The van der Waals surface area contributed by atoms with Crippen molar-refractivity contribution in [2.24, 2.45) is 0 Å². The number of rotatable bonds is 5. The summed E-state index contributed by atoms with van der Waals surface area (Å²) >= 11 is 5.86. The van der Waals surface area contributed by atoms with Gasteiger partial charge in [0.1, 0.15) is 5.82 Å². The van der Waals surface area contributed by atoms with Crippen molar-refractivity contribution in [2.75, 3.05) is 19.0 Å². The summed E-state index contributed by atoms with van der Waals surface area (Å²) in [6.07, 6.45) is 3.46. The number of nitrogens with zero attached hydrogens (tertiary/aromatic N) is 2. The second-order valence-electron chi connectivity index (χ2n) is 4.21.